The second-order valence-electron chi connectivity index (χ2n) is 6.67. The molecule has 1 aliphatic heterocycles. The highest BCUT2D eigenvalue weighted by Gasteiger charge is 2.38. The molecule has 2 fully saturated rings. The fourth-order valence-corrected chi connectivity index (χ4v) is 3.66. The zero-order chi connectivity index (χ0) is 13.3. The van der Waals surface area contributed by atoms with Gasteiger partial charge in [0.15, 0.2) is 0 Å². The normalized spacial score (nSPS) is 37.3. The van der Waals surface area contributed by atoms with Crippen LogP contribution in [0, 0.1) is 17.8 Å². The zero-order valence-electron chi connectivity index (χ0n) is 12.1. The first-order chi connectivity index (χ1) is 8.50. The summed E-state index contributed by atoms with van der Waals surface area (Å²) in [4.78, 5) is 14.8. The van der Waals surface area contributed by atoms with Crippen molar-refractivity contribution >= 4 is 5.91 Å². The van der Waals surface area contributed by atoms with Crippen molar-refractivity contribution in [3.8, 4) is 0 Å². The SMILES string of the molecule is CC1CCC(N)C(C(=O)N2CCCC2C(C)C)C1. The third-order valence-corrected chi connectivity index (χ3v) is 4.83. The van der Waals surface area contributed by atoms with Crippen LogP contribution in [0.5, 0.6) is 0 Å². The standard InChI is InChI=1S/C15H28N2O/c1-10(2)14-5-4-8-17(14)15(18)12-9-11(3)6-7-13(12)16/h10-14H,4-9,16H2,1-3H3. The van der Waals surface area contributed by atoms with E-state index in [4.69, 9.17) is 5.73 Å². The van der Waals surface area contributed by atoms with Crippen LogP contribution in [0.15, 0.2) is 0 Å². The number of amides is 1. The minimum Gasteiger partial charge on any atom is -0.339 e. The molecule has 0 spiro atoms. The van der Waals surface area contributed by atoms with Crippen LogP contribution < -0.4 is 5.73 Å². The minimum atomic E-state index is 0.0769. The van der Waals surface area contributed by atoms with Crippen molar-refractivity contribution < 1.29 is 4.79 Å². The molecule has 4 unspecified atom stereocenters. The molecule has 0 aromatic carbocycles. The van der Waals surface area contributed by atoms with Gasteiger partial charge in [-0.15, -0.1) is 0 Å². The molecule has 18 heavy (non-hydrogen) atoms. The fraction of sp³-hybridized carbons (Fsp3) is 0.933. The highest BCUT2D eigenvalue weighted by atomic mass is 16.2. The molecule has 2 aliphatic rings. The van der Waals surface area contributed by atoms with E-state index in [1.54, 1.807) is 0 Å². The average Bonchev–Trinajstić information content (AvgIpc) is 2.80. The number of hydrogen-bond donors (Lipinski definition) is 1. The molecule has 4 atom stereocenters. The summed E-state index contributed by atoms with van der Waals surface area (Å²) in [5, 5.41) is 0. The lowest BCUT2D eigenvalue weighted by molar-refractivity contribution is -0.139. The van der Waals surface area contributed by atoms with Gasteiger partial charge in [0.05, 0.1) is 5.92 Å². The highest BCUT2D eigenvalue weighted by molar-refractivity contribution is 5.80. The average molecular weight is 252 g/mol. The second-order valence-corrected chi connectivity index (χ2v) is 6.67. The maximum Gasteiger partial charge on any atom is 0.227 e. The van der Waals surface area contributed by atoms with Gasteiger partial charge < -0.3 is 10.6 Å². The van der Waals surface area contributed by atoms with Gasteiger partial charge in [0.25, 0.3) is 0 Å². The number of hydrogen-bond acceptors (Lipinski definition) is 2. The Hall–Kier alpha value is -0.570. The van der Waals surface area contributed by atoms with Gasteiger partial charge in [-0.2, -0.15) is 0 Å². The van der Waals surface area contributed by atoms with Crippen molar-refractivity contribution in [2.24, 2.45) is 23.5 Å². The third-order valence-electron chi connectivity index (χ3n) is 4.83. The van der Waals surface area contributed by atoms with E-state index in [-0.39, 0.29) is 12.0 Å². The van der Waals surface area contributed by atoms with Crippen LogP contribution in [0.1, 0.15) is 52.9 Å². The molecule has 1 heterocycles. The number of nitrogens with two attached hydrogens (primary N) is 1. The van der Waals surface area contributed by atoms with Gasteiger partial charge in [0, 0.05) is 18.6 Å². The number of carbonyl (C=O) groups is 1. The van der Waals surface area contributed by atoms with E-state index in [2.05, 4.69) is 25.7 Å². The van der Waals surface area contributed by atoms with E-state index in [0.29, 0.717) is 23.8 Å². The molecule has 3 heteroatoms. The van der Waals surface area contributed by atoms with Crippen LogP contribution in [0.25, 0.3) is 0 Å². The van der Waals surface area contributed by atoms with Crippen molar-refractivity contribution in [2.45, 2.75) is 65.0 Å². The predicted octanol–water partition coefficient (Wildman–Crippen LogP) is 2.40. The molecule has 3 nitrogen and oxygen atoms in total. The Bertz CT molecular complexity index is 299. The molecule has 104 valence electrons. The minimum absolute atomic E-state index is 0.0769. The third kappa shape index (κ3) is 2.71. The largest absolute Gasteiger partial charge is 0.339 e. The molecular formula is C15H28N2O. The Labute approximate surface area is 111 Å². The summed E-state index contributed by atoms with van der Waals surface area (Å²) in [6, 6.07) is 0.532. The number of nitrogens with zero attached hydrogens (tertiary/aromatic N) is 1. The van der Waals surface area contributed by atoms with Gasteiger partial charge in [-0.05, 0) is 43.9 Å². The number of rotatable bonds is 2. The second kappa shape index (κ2) is 5.60. The lowest BCUT2D eigenvalue weighted by atomic mass is 9.78. The van der Waals surface area contributed by atoms with E-state index < -0.39 is 0 Å². The summed E-state index contributed by atoms with van der Waals surface area (Å²) in [5.74, 6) is 1.63. The Balaban J connectivity index is 2.05. The molecule has 2 N–H and O–H groups in total. The van der Waals surface area contributed by atoms with Crippen molar-refractivity contribution in [3.05, 3.63) is 0 Å². The smallest absolute Gasteiger partial charge is 0.227 e. The molecule has 0 bridgehead atoms. The van der Waals surface area contributed by atoms with Crippen LogP contribution in [0.3, 0.4) is 0 Å². The van der Waals surface area contributed by atoms with E-state index in [1.807, 2.05) is 0 Å². The summed E-state index contributed by atoms with van der Waals surface area (Å²) >= 11 is 0. The quantitative estimate of drug-likeness (QED) is 0.820. The molecule has 0 aromatic heterocycles. The number of carbonyl (C=O) groups excluding carboxylic acids is 1. The van der Waals surface area contributed by atoms with E-state index in [0.717, 1.165) is 25.8 Å². The van der Waals surface area contributed by atoms with Crippen LogP contribution in [-0.2, 0) is 4.79 Å². The molecule has 0 radical (unpaired) electrons. The predicted molar refractivity (Wildman–Crippen MR) is 74.1 cm³/mol. The fourth-order valence-electron chi connectivity index (χ4n) is 3.66. The van der Waals surface area contributed by atoms with E-state index in [9.17, 15) is 4.79 Å². The van der Waals surface area contributed by atoms with Gasteiger partial charge in [0.2, 0.25) is 5.91 Å². The zero-order valence-corrected chi connectivity index (χ0v) is 12.1. The van der Waals surface area contributed by atoms with E-state index >= 15 is 0 Å². The van der Waals surface area contributed by atoms with Crippen molar-refractivity contribution in [1.29, 1.82) is 0 Å². The van der Waals surface area contributed by atoms with Crippen molar-refractivity contribution in [3.63, 3.8) is 0 Å². The van der Waals surface area contributed by atoms with Crippen LogP contribution >= 0.6 is 0 Å². The van der Waals surface area contributed by atoms with E-state index in [1.165, 1.54) is 12.8 Å². The first-order valence-electron chi connectivity index (χ1n) is 7.56. The Kier molecular flexibility index (Phi) is 4.31. The van der Waals surface area contributed by atoms with Gasteiger partial charge in [-0.1, -0.05) is 20.8 Å². The lowest BCUT2D eigenvalue weighted by Crippen LogP contribution is -2.49. The van der Waals surface area contributed by atoms with Crippen molar-refractivity contribution in [2.75, 3.05) is 6.54 Å². The summed E-state index contributed by atoms with van der Waals surface area (Å²) in [7, 11) is 0. The van der Waals surface area contributed by atoms with Gasteiger partial charge >= 0.3 is 0 Å². The molecule has 1 saturated heterocycles. The molecule has 1 amide bonds. The van der Waals surface area contributed by atoms with Crippen LogP contribution in [0.2, 0.25) is 0 Å². The lowest BCUT2D eigenvalue weighted by Gasteiger charge is -2.37. The molecular weight excluding hydrogens is 224 g/mol. The van der Waals surface area contributed by atoms with Gasteiger partial charge in [0.1, 0.15) is 0 Å². The summed E-state index contributed by atoms with van der Waals surface area (Å²) in [6.45, 7) is 7.63. The Morgan fingerprint density at radius 1 is 1.28 bits per heavy atom. The van der Waals surface area contributed by atoms with Crippen LogP contribution in [0.4, 0.5) is 0 Å². The number of likely N-dealkylation sites (tertiary alicyclic amines) is 1. The summed E-state index contributed by atoms with van der Waals surface area (Å²) in [5.41, 5.74) is 6.18. The monoisotopic (exact) mass is 252 g/mol. The maximum atomic E-state index is 12.7. The highest BCUT2D eigenvalue weighted by Crippen LogP contribution is 2.32. The first-order valence-corrected chi connectivity index (χ1v) is 7.56. The maximum absolute atomic E-state index is 12.7. The topological polar surface area (TPSA) is 46.3 Å². The molecule has 0 aromatic rings. The summed E-state index contributed by atoms with van der Waals surface area (Å²) in [6.07, 6.45) is 5.50. The molecule has 1 saturated carbocycles. The van der Waals surface area contributed by atoms with Crippen molar-refractivity contribution in [1.82, 2.24) is 4.90 Å². The Morgan fingerprint density at radius 3 is 2.67 bits per heavy atom. The first kappa shape index (κ1) is 13.9. The molecule has 1 aliphatic carbocycles. The van der Waals surface area contributed by atoms with Crippen LogP contribution in [-0.4, -0.2) is 29.4 Å². The van der Waals surface area contributed by atoms with Gasteiger partial charge in [-0.3, -0.25) is 4.79 Å². The Morgan fingerprint density at radius 2 is 2.00 bits per heavy atom. The summed E-state index contributed by atoms with van der Waals surface area (Å²) < 4.78 is 0. The molecule has 2 rings (SSSR count). The van der Waals surface area contributed by atoms with Gasteiger partial charge in [-0.25, -0.2) is 0 Å².